The highest BCUT2D eigenvalue weighted by Gasteiger charge is 2.28. The summed E-state index contributed by atoms with van der Waals surface area (Å²) < 4.78 is 0. The van der Waals surface area contributed by atoms with Gasteiger partial charge in [0.15, 0.2) is 0 Å². The number of anilines is 2. The maximum Gasteiger partial charge on any atom is 0.136 e. The molecule has 0 radical (unpaired) electrons. The lowest BCUT2D eigenvalue weighted by Crippen LogP contribution is -2.30. The van der Waals surface area contributed by atoms with Crippen LogP contribution in [0, 0.1) is 5.92 Å². The minimum atomic E-state index is 0.606. The van der Waals surface area contributed by atoms with E-state index in [4.69, 9.17) is 4.98 Å². The first-order valence-electron chi connectivity index (χ1n) is 7.60. The van der Waals surface area contributed by atoms with Crippen LogP contribution in [0.2, 0.25) is 0 Å². The minimum absolute atomic E-state index is 0.606. The number of hydrogen-bond donors (Lipinski definition) is 1. The van der Waals surface area contributed by atoms with Gasteiger partial charge in [0, 0.05) is 32.1 Å². The Labute approximate surface area is 115 Å². The Morgan fingerprint density at radius 1 is 1.26 bits per heavy atom. The van der Waals surface area contributed by atoms with E-state index < -0.39 is 0 Å². The van der Waals surface area contributed by atoms with Gasteiger partial charge in [0.05, 0.1) is 0 Å². The second-order valence-corrected chi connectivity index (χ2v) is 5.95. The number of nitrogens with zero attached hydrogens (tertiary/aromatic N) is 3. The average molecular weight is 260 g/mol. The summed E-state index contributed by atoms with van der Waals surface area (Å²) in [6.45, 7) is 4.15. The van der Waals surface area contributed by atoms with Crippen LogP contribution in [-0.4, -0.2) is 30.1 Å². The first kappa shape index (κ1) is 12.7. The van der Waals surface area contributed by atoms with Crippen LogP contribution in [0.3, 0.4) is 0 Å². The molecule has 2 aliphatic rings. The van der Waals surface area contributed by atoms with Gasteiger partial charge in [-0.15, -0.1) is 0 Å². The summed E-state index contributed by atoms with van der Waals surface area (Å²) in [6, 6.07) is 2.09. The van der Waals surface area contributed by atoms with E-state index in [1.54, 1.807) is 0 Å². The van der Waals surface area contributed by atoms with Gasteiger partial charge in [-0.3, -0.25) is 0 Å². The van der Waals surface area contributed by atoms with E-state index in [-0.39, 0.29) is 0 Å². The SMILES string of the molecule is CCNc1cc(N(C)CC2CCC2)nc(C2CC2)n1. The molecule has 0 saturated heterocycles. The van der Waals surface area contributed by atoms with E-state index in [0.29, 0.717) is 5.92 Å². The molecule has 1 heterocycles. The van der Waals surface area contributed by atoms with E-state index in [9.17, 15) is 0 Å². The Morgan fingerprint density at radius 2 is 2.05 bits per heavy atom. The van der Waals surface area contributed by atoms with Crippen LogP contribution < -0.4 is 10.2 Å². The molecule has 0 unspecified atom stereocenters. The predicted octanol–water partition coefficient (Wildman–Crippen LogP) is 3.02. The molecule has 2 fully saturated rings. The molecule has 1 aromatic heterocycles. The molecule has 2 aliphatic carbocycles. The van der Waals surface area contributed by atoms with Crippen molar-refractivity contribution in [3.05, 3.63) is 11.9 Å². The molecule has 104 valence electrons. The molecule has 3 rings (SSSR count). The normalized spacial score (nSPS) is 19.1. The van der Waals surface area contributed by atoms with Crippen molar-refractivity contribution in [1.29, 1.82) is 0 Å². The van der Waals surface area contributed by atoms with Gasteiger partial charge in [0.25, 0.3) is 0 Å². The van der Waals surface area contributed by atoms with E-state index in [0.717, 1.165) is 36.5 Å². The fourth-order valence-corrected chi connectivity index (χ4v) is 2.60. The van der Waals surface area contributed by atoms with Crippen LogP contribution >= 0.6 is 0 Å². The van der Waals surface area contributed by atoms with Crippen molar-refractivity contribution in [2.24, 2.45) is 5.92 Å². The molecule has 0 spiro atoms. The Balaban J connectivity index is 1.77. The van der Waals surface area contributed by atoms with Crippen molar-refractivity contribution >= 4 is 11.6 Å². The van der Waals surface area contributed by atoms with E-state index in [2.05, 4.69) is 35.2 Å². The zero-order valence-corrected chi connectivity index (χ0v) is 12.0. The van der Waals surface area contributed by atoms with E-state index in [1.807, 2.05) is 0 Å². The first-order valence-corrected chi connectivity index (χ1v) is 7.60. The quantitative estimate of drug-likeness (QED) is 0.853. The minimum Gasteiger partial charge on any atom is -0.370 e. The van der Waals surface area contributed by atoms with Crippen molar-refractivity contribution in [2.75, 3.05) is 30.4 Å². The van der Waals surface area contributed by atoms with Crippen LogP contribution in [0.4, 0.5) is 11.6 Å². The third kappa shape index (κ3) is 2.99. The second kappa shape index (κ2) is 5.35. The van der Waals surface area contributed by atoms with Gasteiger partial charge in [0.1, 0.15) is 17.5 Å². The Morgan fingerprint density at radius 3 is 2.63 bits per heavy atom. The van der Waals surface area contributed by atoms with E-state index in [1.165, 1.54) is 32.1 Å². The van der Waals surface area contributed by atoms with Gasteiger partial charge in [-0.05, 0) is 38.5 Å². The first-order chi connectivity index (χ1) is 9.26. The van der Waals surface area contributed by atoms with Gasteiger partial charge in [-0.25, -0.2) is 9.97 Å². The smallest absolute Gasteiger partial charge is 0.136 e. The fraction of sp³-hybridized carbons (Fsp3) is 0.733. The summed E-state index contributed by atoms with van der Waals surface area (Å²) >= 11 is 0. The standard InChI is InChI=1S/C15H24N4/c1-3-16-13-9-14(18-15(17-13)12-7-8-12)19(2)10-11-5-4-6-11/h9,11-12H,3-8,10H2,1-2H3,(H,16,17,18). The zero-order chi connectivity index (χ0) is 13.2. The molecule has 4 nitrogen and oxygen atoms in total. The van der Waals surface area contributed by atoms with E-state index >= 15 is 0 Å². The van der Waals surface area contributed by atoms with Gasteiger partial charge in [-0.2, -0.15) is 0 Å². The Bertz CT molecular complexity index is 438. The lowest BCUT2D eigenvalue weighted by Gasteiger charge is -2.31. The summed E-state index contributed by atoms with van der Waals surface area (Å²) in [4.78, 5) is 11.7. The maximum absolute atomic E-state index is 4.76. The molecule has 0 aliphatic heterocycles. The van der Waals surface area contributed by atoms with Gasteiger partial charge in [0.2, 0.25) is 0 Å². The molecular formula is C15H24N4. The van der Waals surface area contributed by atoms with Crippen molar-refractivity contribution in [1.82, 2.24) is 9.97 Å². The summed E-state index contributed by atoms with van der Waals surface area (Å²) in [5.74, 6) is 4.57. The molecule has 1 N–H and O–H groups in total. The molecule has 2 saturated carbocycles. The summed E-state index contributed by atoms with van der Waals surface area (Å²) in [5.41, 5.74) is 0. The van der Waals surface area contributed by atoms with Gasteiger partial charge < -0.3 is 10.2 Å². The van der Waals surface area contributed by atoms with Crippen molar-refractivity contribution < 1.29 is 0 Å². The van der Waals surface area contributed by atoms with Crippen LogP contribution in [-0.2, 0) is 0 Å². The van der Waals surface area contributed by atoms with Crippen molar-refractivity contribution in [2.45, 2.75) is 44.9 Å². The van der Waals surface area contributed by atoms with Gasteiger partial charge >= 0.3 is 0 Å². The third-order valence-corrected chi connectivity index (χ3v) is 4.18. The average Bonchev–Trinajstić information content (AvgIpc) is 3.17. The third-order valence-electron chi connectivity index (χ3n) is 4.18. The maximum atomic E-state index is 4.76. The zero-order valence-electron chi connectivity index (χ0n) is 12.0. The number of nitrogens with one attached hydrogen (secondary N) is 1. The summed E-state index contributed by atoms with van der Waals surface area (Å²) in [5, 5.41) is 3.33. The molecular weight excluding hydrogens is 236 g/mol. The molecule has 0 amide bonds. The highest BCUT2D eigenvalue weighted by molar-refractivity contribution is 5.49. The molecule has 0 aromatic carbocycles. The van der Waals surface area contributed by atoms with Crippen molar-refractivity contribution in [3.63, 3.8) is 0 Å². The largest absolute Gasteiger partial charge is 0.370 e. The highest BCUT2D eigenvalue weighted by Crippen LogP contribution is 2.39. The summed E-state index contributed by atoms with van der Waals surface area (Å²) in [6.07, 6.45) is 6.66. The fourth-order valence-electron chi connectivity index (χ4n) is 2.60. The van der Waals surface area contributed by atoms with Crippen molar-refractivity contribution in [3.8, 4) is 0 Å². The number of aromatic nitrogens is 2. The second-order valence-electron chi connectivity index (χ2n) is 5.95. The molecule has 1 aromatic rings. The predicted molar refractivity (Wildman–Crippen MR) is 78.8 cm³/mol. The molecule has 19 heavy (non-hydrogen) atoms. The van der Waals surface area contributed by atoms with Gasteiger partial charge in [-0.1, -0.05) is 6.42 Å². The monoisotopic (exact) mass is 260 g/mol. The number of rotatable bonds is 6. The Hall–Kier alpha value is -1.32. The molecule has 4 heteroatoms. The molecule has 0 bridgehead atoms. The highest BCUT2D eigenvalue weighted by atomic mass is 15.2. The number of hydrogen-bond acceptors (Lipinski definition) is 4. The van der Waals surface area contributed by atoms with Crippen LogP contribution in [0.25, 0.3) is 0 Å². The topological polar surface area (TPSA) is 41.0 Å². The lowest BCUT2D eigenvalue weighted by atomic mass is 9.85. The van der Waals surface area contributed by atoms with Crippen LogP contribution in [0.15, 0.2) is 6.07 Å². The molecule has 0 atom stereocenters. The van der Waals surface area contributed by atoms with Crippen LogP contribution in [0.1, 0.15) is 50.8 Å². The summed E-state index contributed by atoms with van der Waals surface area (Å²) in [7, 11) is 2.16. The lowest BCUT2D eigenvalue weighted by molar-refractivity contribution is 0.321. The van der Waals surface area contributed by atoms with Crippen LogP contribution in [0.5, 0.6) is 0 Å². The Kier molecular flexibility index (Phi) is 3.58.